The molecule has 1 aliphatic rings. The first kappa shape index (κ1) is 17.1. The number of nitrogens with zero attached hydrogens (tertiary/aromatic N) is 2. The molecule has 2 amide bonds. The Kier molecular flexibility index (Phi) is 4.80. The number of alkyl halides is 3. The normalized spacial score (nSPS) is 17.2. The zero-order valence-corrected chi connectivity index (χ0v) is 12.2. The number of halogens is 3. The van der Waals surface area contributed by atoms with Gasteiger partial charge in [0.25, 0.3) is 0 Å². The molecule has 124 valence electrons. The van der Waals surface area contributed by atoms with Crippen LogP contribution in [0.15, 0.2) is 24.3 Å². The third kappa shape index (κ3) is 3.74. The highest BCUT2D eigenvalue weighted by Gasteiger charge is 2.41. The largest absolute Gasteiger partial charge is 0.416 e. The fraction of sp³-hybridized carbons (Fsp3) is 0.467. The Morgan fingerprint density at radius 3 is 2.26 bits per heavy atom. The van der Waals surface area contributed by atoms with E-state index in [1.54, 1.807) is 0 Å². The monoisotopic (exact) mass is 327 g/mol. The molecule has 0 saturated heterocycles. The lowest BCUT2D eigenvalue weighted by atomic mass is 9.82. The zero-order valence-electron chi connectivity index (χ0n) is 12.2. The number of hydrogen-bond donors (Lipinski definition) is 2. The van der Waals surface area contributed by atoms with Crippen LogP contribution in [0.4, 0.5) is 23.7 Å². The SMILES string of the molecule is N#CC1(N(O)C(=O)Nc2ccc(C(F)(F)F)cc2)CCCCC1. The first-order valence-corrected chi connectivity index (χ1v) is 7.17. The van der Waals surface area contributed by atoms with Gasteiger partial charge in [-0.2, -0.15) is 23.5 Å². The van der Waals surface area contributed by atoms with Crippen molar-refractivity contribution in [3.05, 3.63) is 29.8 Å². The average Bonchev–Trinajstić information content (AvgIpc) is 2.54. The van der Waals surface area contributed by atoms with Crippen LogP contribution in [0.1, 0.15) is 37.7 Å². The highest BCUT2D eigenvalue weighted by atomic mass is 19.4. The van der Waals surface area contributed by atoms with Gasteiger partial charge in [0.1, 0.15) is 0 Å². The minimum Gasteiger partial charge on any atom is -0.306 e. The second-order valence-corrected chi connectivity index (χ2v) is 5.52. The molecule has 0 heterocycles. The van der Waals surface area contributed by atoms with Crippen molar-refractivity contribution in [1.82, 2.24) is 5.06 Å². The van der Waals surface area contributed by atoms with E-state index >= 15 is 0 Å². The summed E-state index contributed by atoms with van der Waals surface area (Å²) in [4.78, 5) is 12.0. The predicted octanol–water partition coefficient (Wildman–Crippen LogP) is 4.15. The number of carbonyl (C=O) groups is 1. The number of amides is 2. The van der Waals surface area contributed by atoms with Crippen molar-refractivity contribution in [2.45, 2.75) is 43.8 Å². The summed E-state index contributed by atoms with van der Waals surface area (Å²) in [5.74, 6) is 0. The van der Waals surface area contributed by atoms with Crippen LogP contribution in [0.25, 0.3) is 0 Å². The van der Waals surface area contributed by atoms with Crippen molar-refractivity contribution in [3.8, 4) is 6.07 Å². The molecule has 0 spiro atoms. The number of benzene rings is 1. The Bertz CT molecular complexity index is 602. The maximum absolute atomic E-state index is 12.5. The summed E-state index contributed by atoms with van der Waals surface area (Å²) in [7, 11) is 0. The molecule has 1 saturated carbocycles. The molecule has 0 bridgehead atoms. The Hall–Kier alpha value is -2.27. The predicted molar refractivity (Wildman–Crippen MR) is 75.5 cm³/mol. The van der Waals surface area contributed by atoms with Crippen LogP contribution in [0, 0.1) is 11.3 Å². The van der Waals surface area contributed by atoms with Gasteiger partial charge < -0.3 is 5.32 Å². The molecule has 8 heteroatoms. The quantitative estimate of drug-likeness (QED) is 0.632. The van der Waals surface area contributed by atoms with E-state index in [9.17, 15) is 28.4 Å². The smallest absolute Gasteiger partial charge is 0.306 e. The van der Waals surface area contributed by atoms with Gasteiger partial charge in [0.2, 0.25) is 0 Å². The molecule has 0 aromatic heterocycles. The average molecular weight is 327 g/mol. The zero-order chi connectivity index (χ0) is 17.1. The fourth-order valence-corrected chi connectivity index (χ4v) is 2.62. The number of carbonyl (C=O) groups excluding carboxylic acids is 1. The van der Waals surface area contributed by atoms with Gasteiger partial charge in [-0.05, 0) is 49.9 Å². The van der Waals surface area contributed by atoms with Crippen LogP contribution in [0.5, 0.6) is 0 Å². The lowest BCUT2D eigenvalue weighted by Crippen LogP contribution is -2.51. The van der Waals surface area contributed by atoms with E-state index in [2.05, 4.69) is 5.32 Å². The topological polar surface area (TPSA) is 76.4 Å². The van der Waals surface area contributed by atoms with E-state index in [4.69, 9.17) is 0 Å². The van der Waals surface area contributed by atoms with Gasteiger partial charge in [0.05, 0.1) is 11.6 Å². The van der Waals surface area contributed by atoms with Crippen molar-refractivity contribution >= 4 is 11.7 Å². The highest BCUT2D eigenvalue weighted by molar-refractivity contribution is 5.89. The molecule has 0 unspecified atom stereocenters. The van der Waals surface area contributed by atoms with Crippen molar-refractivity contribution in [1.29, 1.82) is 5.26 Å². The van der Waals surface area contributed by atoms with Crippen molar-refractivity contribution in [3.63, 3.8) is 0 Å². The van der Waals surface area contributed by atoms with Crippen molar-refractivity contribution in [2.24, 2.45) is 0 Å². The highest BCUT2D eigenvalue weighted by Crippen LogP contribution is 2.33. The van der Waals surface area contributed by atoms with Crippen LogP contribution in [-0.2, 0) is 6.18 Å². The van der Waals surface area contributed by atoms with Crippen molar-refractivity contribution in [2.75, 3.05) is 5.32 Å². The summed E-state index contributed by atoms with van der Waals surface area (Å²) in [5.41, 5.74) is -2.02. The number of hydroxylamine groups is 2. The fourth-order valence-electron chi connectivity index (χ4n) is 2.62. The van der Waals surface area contributed by atoms with Gasteiger partial charge in [-0.3, -0.25) is 5.21 Å². The van der Waals surface area contributed by atoms with Gasteiger partial charge in [0.15, 0.2) is 5.54 Å². The summed E-state index contributed by atoms with van der Waals surface area (Å²) in [6.07, 6.45) is -1.37. The minimum absolute atomic E-state index is 0.103. The molecule has 0 atom stereocenters. The maximum atomic E-state index is 12.5. The van der Waals surface area contributed by atoms with Gasteiger partial charge in [0, 0.05) is 5.69 Å². The second kappa shape index (κ2) is 6.46. The van der Waals surface area contributed by atoms with E-state index < -0.39 is 23.3 Å². The number of nitrogens with one attached hydrogen (secondary N) is 1. The number of hydrogen-bond acceptors (Lipinski definition) is 3. The third-order valence-corrected chi connectivity index (χ3v) is 3.95. The van der Waals surface area contributed by atoms with Gasteiger partial charge in [-0.25, -0.2) is 4.79 Å². The first-order chi connectivity index (χ1) is 10.8. The van der Waals surface area contributed by atoms with E-state index in [1.807, 2.05) is 6.07 Å². The van der Waals surface area contributed by atoms with E-state index in [0.29, 0.717) is 17.9 Å². The summed E-state index contributed by atoms with van der Waals surface area (Å²) in [6.45, 7) is 0. The van der Waals surface area contributed by atoms with Gasteiger partial charge in [-0.15, -0.1) is 0 Å². The molecule has 5 nitrogen and oxygen atoms in total. The molecule has 23 heavy (non-hydrogen) atoms. The summed E-state index contributed by atoms with van der Waals surface area (Å²) >= 11 is 0. The Morgan fingerprint density at radius 1 is 1.22 bits per heavy atom. The molecule has 1 aliphatic carbocycles. The van der Waals surface area contributed by atoms with E-state index in [1.165, 1.54) is 0 Å². The molecule has 1 aromatic carbocycles. The van der Waals surface area contributed by atoms with Crippen molar-refractivity contribution < 1.29 is 23.2 Å². The van der Waals surface area contributed by atoms with Crippen LogP contribution < -0.4 is 5.32 Å². The Morgan fingerprint density at radius 2 is 1.78 bits per heavy atom. The molecular formula is C15H16F3N3O2. The minimum atomic E-state index is -4.46. The Balaban J connectivity index is 2.08. The number of urea groups is 1. The first-order valence-electron chi connectivity index (χ1n) is 7.17. The van der Waals surface area contributed by atoms with Crippen LogP contribution >= 0.6 is 0 Å². The molecule has 0 aliphatic heterocycles. The summed E-state index contributed by atoms with van der Waals surface area (Å²) in [6, 6.07) is 4.89. The lowest BCUT2D eigenvalue weighted by Gasteiger charge is -2.36. The molecule has 2 rings (SSSR count). The summed E-state index contributed by atoms with van der Waals surface area (Å²) in [5, 5.41) is 22.0. The van der Waals surface area contributed by atoms with Crippen LogP contribution in [0.3, 0.4) is 0 Å². The molecular weight excluding hydrogens is 311 g/mol. The standard InChI is InChI=1S/C15H16F3N3O2/c16-15(17,18)11-4-6-12(7-5-11)20-13(22)21(23)14(10-19)8-2-1-3-9-14/h4-7,23H,1-3,8-9H2,(H,20,22). The van der Waals surface area contributed by atoms with Crippen LogP contribution in [-0.4, -0.2) is 21.8 Å². The van der Waals surface area contributed by atoms with E-state index in [0.717, 1.165) is 43.5 Å². The van der Waals surface area contributed by atoms with E-state index in [-0.39, 0.29) is 5.69 Å². The third-order valence-electron chi connectivity index (χ3n) is 3.95. The summed E-state index contributed by atoms with van der Waals surface area (Å²) < 4.78 is 37.4. The molecule has 1 fully saturated rings. The lowest BCUT2D eigenvalue weighted by molar-refractivity contribution is -0.137. The number of nitriles is 1. The molecule has 2 N–H and O–H groups in total. The Labute approximate surface area is 131 Å². The van der Waals surface area contributed by atoms with Crippen LogP contribution in [0.2, 0.25) is 0 Å². The van der Waals surface area contributed by atoms with Gasteiger partial charge in [-0.1, -0.05) is 6.42 Å². The maximum Gasteiger partial charge on any atom is 0.416 e. The number of anilines is 1. The number of rotatable bonds is 2. The van der Waals surface area contributed by atoms with Gasteiger partial charge >= 0.3 is 12.2 Å². The molecule has 0 radical (unpaired) electrons. The second-order valence-electron chi connectivity index (χ2n) is 5.52. The molecule has 1 aromatic rings.